The van der Waals surface area contributed by atoms with Crippen molar-refractivity contribution < 1.29 is 4.79 Å². The smallest absolute Gasteiger partial charge is 0.227 e. The molecule has 0 bridgehead atoms. The first-order valence-corrected chi connectivity index (χ1v) is 6.61. The minimum atomic E-state index is 0.0663. The van der Waals surface area contributed by atoms with Crippen molar-refractivity contribution in [3.63, 3.8) is 0 Å². The molecule has 0 atom stereocenters. The number of amides is 1. The Morgan fingerprint density at radius 3 is 2.50 bits per heavy atom. The van der Waals surface area contributed by atoms with Gasteiger partial charge in [-0.25, -0.2) is 0 Å². The summed E-state index contributed by atoms with van der Waals surface area (Å²) < 4.78 is 0. The molecular formula is C16H19N3O. The van der Waals surface area contributed by atoms with E-state index < -0.39 is 0 Å². The van der Waals surface area contributed by atoms with Crippen LogP contribution in [0.15, 0.2) is 48.7 Å². The predicted molar refractivity (Wildman–Crippen MR) is 78.7 cm³/mol. The van der Waals surface area contributed by atoms with Crippen molar-refractivity contribution in [1.82, 2.24) is 9.88 Å². The Morgan fingerprint density at radius 1 is 1.15 bits per heavy atom. The molecule has 0 fully saturated rings. The Balaban J connectivity index is 2.01. The standard InChI is InChI=1S/C16H19N3O/c1-19(12-15-8-4-5-9-18-15)16(20)10-13-6-2-3-7-14(13)11-17/h2-9H,10-12,17H2,1H3. The lowest BCUT2D eigenvalue weighted by atomic mass is 10.0. The minimum absolute atomic E-state index is 0.0663. The van der Waals surface area contributed by atoms with E-state index in [1.165, 1.54) is 0 Å². The summed E-state index contributed by atoms with van der Waals surface area (Å²) in [5.41, 5.74) is 8.59. The van der Waals surface area contributed by atoms with Gasteiger partial charge in [-0.2, -0.15) is 0 Å². The molecule has 2 aromatic rings. The molecule has 1 aromatic carbocycles. The van der Waals surface area contributed by atoms with Crippen molar-refractivity contribution in [3.8, 4) is 0 Å². The maximum absolute atomic E-state index is 12.2. The Hall–Kier alpha value is -2.20. The van der Waals surface area contributed by atoms with E-state index in [0.29, 0.717) is 19.5 Å². The quantitative estimate of drug-likeness (QED) is 0.899. The van der Waals surface area contributed by atoms with Crippen molar-refractivity contribution in [2.24, 2.45) is 5.73 Å². The monoisotopic (exact) mass is 269 g/mol. The zero-order valence-electron chi connectivity index (χ0n) is 11.6. The molecule has 2 rings (SSSR count). The van der Waals surface area contributed by atoms with Gasteiger partial charge >= 0.3 is 0 Å². The van der Waals surface area contributed by atoms with Crippen LogP contribution in [0.4, 0.5) is 0 Å². The number of nitrogens with two attached hydrogens (primary N) is 1. The van der Waals surface area contributed by atoms with Crippen molar-refractivity contribution in [1.29, 1.82) is 0 Å². The van der Waals surface area contributed by atoms with Crippen molar-refractivity contribution in [2.75, 3.05) is 7.05 Å². The molecule has 20 heavy (non-hydrogen) atoms. The third-order valence-electron chi connectivity index (χ3n) is 3.23. The molecule has 1 amide bonds. The fraction of sp³-hybridized carbons (Fsp3) is 0.250. The first-order chi connectivity index (χ1) is 9.70. The number of benzene rings is 1. The summed E-state index contributed by atoms with van der Waals surface area (Å²) in [6.45, 7) is 0.970. The molecule has 0 aliphatic heterocycles. The average molecular weight is 269 g/mol. The lowest BCUT2D eigenvalue weighted by Gasteiger charge is -2.17. The summed E-state index contributed by atoms with van der Waals surface area (Å²) in [7, 11) is 1.79. The summed E-state index contributed by atoms with van der Waals surface area (Å²) in [5, 5.41) is 0. The Morgan fingerprint density at radius 2 is 1.85 bits per heavy atom. The van der Waals surface area contributed by atoms with Crippen LogP contribution in [0, 0.1) is 0 Å². The van der Waals surface area contributed by atoms with E-state index >= 15 is 0 Å². The molecule has 4 heteroatoms. The molecule has 1 heterocycles. The molecule has 0 saturated heterocycles. The molecule has 0 saturated carbocycles. The average Bonchev–Trinajstić information content (AvgIpc) is 2.48. The zero-order valence-corrected chi connectivity index (χ0v) is 11.6. The van der Waals surface area contributed by atoms with Gasteiger partial charge in [-0.05, 0) is 23.3 Å². The SMILES string of the molecule is CN(Cc1ccccn1)C(=O)Cc1ccccc1CN. The highest BCUT2D eigenvalue weighted by Gasteiger charge is 2.12. The van der Waals surface area contributed by atoms with E-state index in [1.54, 1.807) is 18.1 Å². The molecule has 0 radical (unpaired) electrons. The van der Waals surface area contributed by atoms with Crippen LogP contribution < -0.4 is 5.73 Å². The number of aromatic nitrogens is 1. The maximum atomic E-state index is 12.2. The zero-order chi connectivity index (χ0) is 14.4. The topological polar surface area (TPSA) is 59.2 Å². The van der Waals surface area contributed by atoms with Gasteiger partial charge < -0.3 is 10.6 Å². The fourth-order valence-corrected chi connectivity index (χ4v) is 2.05. The molecule has 0 aliphatic rings. The number of hydrogen-bond acceptors (Lipinski definition) is 3. The summed E-state index contributed by atoms with van der Waals surface area (Å²) >= 11 is 0. The number of likely N-dealkylation sites (N-methyl/N-ethyl adjacent to an activating group) is 1. The maximum Gasteiger partial charge on any atom is 0.227 e. The molecule has 0 aliphatic carbocycles. The third-order valence-corrected chi connectivity index (χ3v) is 3.23. The van der Waals surface area contributed by atoms with Crippen LogP contribution in [0.1, 0.15) is 16.8 Å². The summed E-state index contributed by atoms with van der Waals surface area (Å²) in [4.78, 5) is 18.2. The van der Waals surface area contributed by atoms with Crippen LogP contribution in [0.2, 0.25) is 0 Å². The molecule has 2 N–H and O–H groups in total. The number of hydrogen-bond donors (Lipinski definition) is 1. The van der Waals surface area contributed by atoms with Gasteiger partial charge in [0.15, 0.2) is 0 Å². The van der Waals surface area contributed by atoms with Gasteiger partial charge in [0.05, 0.1) is 18.7 Å². The van der Waals surface area contributed by atoms with Crippen molar-refractivity contribution in [2.45, 2.75) is 19.5 Å². The molecule has 104 valence electrons. The van der Waals surface area contributed by atoms with Gasteiger partial charge in [-0.1, -0.05) is 30.3 Å². The number of pyridine rings is 1. The second kappa shape index (κ2) is 6.82. The van der Waals surface area contributed by atoms with E-state index in [9.17, 15) is 4.79 Å². The molecular weight excluding hydrogens is 250 g/mol. The second-order valence-electron chi connectivity index (χ2n) is 4.72. The van der Waals surface area contributed by atoms with Gasteiger partial charge in [0, 0.05) is 19.8 Å². The van der Waals surface area contributed by atoms with Gasteiger partial charge in [0.25, 0.3) is 0 Å². The van der Waals surface area contributed by atoms with Crippen LogP contribution >= 0.6 is 0 Å². The molecule has 0 spiro atoms. The molecule has 1 aromatic heterocycles. The number of rotatable bonds is 5. The Bertz CT molecular complexity index is 569. The molecule has 4 nitrogen and oxygen atoms in total. The van der Waals surface area contributed by atoms with Crippen molar-refractivity contribution in [3.05, 3.63) is 65.5 Å². The van der Waals surface area contributed by atoms with E-state index in [1.807, 2.05) is 42.5 Å². The predicted octanol–water partition coefficient (Wildman–Crippen LogP) is 1.74. The summed E-state index contributed by atoms with van der Waals surface area (Å²) in [5.74, 6) is 0.0663. The highest BCUT2D eigenvalue weighted by molar-refractivity contribution is 5.78. The van der Waals surface area contributed by atoms with Crippen LogP contribution in [-0.4, -0.2) is 22.8 Å². The highest BCUT2D eigenvalue weighted by atomic mass is 16.2. The Labute approximate surface area is 119 Å². The van der Waals surface area contributed by atoms with Crippen LogP contribution in [-0.2, 0) is 24.3 Å². The van der Waals surface area contributed by atoms with Gasteiger partial charge in [0.2, 0.25) is 5.91 Å². The normalized spacial score (nSPS) is 10.3. The first-order valence-electron chi connectivity index (χ1n) is 6.61. The first kappa shape index (κ1) is 14.2. The fourth-order valence-electron chi connectivity index (χ4n) is 2.05. The van der Waals surface area contributed by atoms with Crippen LogP contribution in [0.25, 0.3) is 0 Å². The highest BCUT2D eigenvalue weighted by Crippen LogP contribution is 2.10. The number of carbonyl (C=O) groups is 1. The lowest BCUT2D eigenvalue weighted by molar-refractivity contribution is -0.129. The van der Waals surface area contributed by atoms with E-state index in [-0.39, 0.29) is 5.91 Å². The largest absolute Gasteiger partial charge is 0.340 e. The molecule has 0 unspecified atom stereocenters. The van der Waals surface area contributed by atoms with Crippen molar-refractivity contribution >= 4 is 5.91 Å². The van der Waals surface area contributed by atoms with Crippen LogP contribution in [0.3, 0.4) is 0 Å². The number of nitrogens with zero attached hydrogens (tertiary/aromatic N) is 2. The van der Waals surface area contributed by atoms with Crippen LogP contribution in [0.5, 0.6) is 0 Å². The van der Waals surface area contributed by atoms with Gasteiger partial charge in [-0.3, -0.25) is 9.78 Å². The third kappa shape index (κ3) is 3.65. The van der Waals surface area contributed by atoms with Gasteiger partial charge in [-0.15, -0.1) is 0 Å². The lowest BCUT2D eigenvalue weighted by Crippen LogP contribution is -2.28. The summed E-state index contributed by atoms with van der Waals surface area (Å²) in [6.07, 6.45) is 2.11. The minimum Gasteiger partial charge on any atom is -0.340 e. The second-order valence-corrected chi connectivity index (χ2v) is 4.72. The van der Waals surface area contributed by atoms with E-state index in [0.717, 1.165) is 16.8 Å². The van der Waals surface area contributed by atoms with Gasteiger partial charge in [0.1, 0.15) is 0 Å². The summed E-state index contributed by atoms with van der Waals surface area (Å²) in [6, 6.07) is 13.5. The Kier molecular flexibility index (Phi) is 4.85. The number of carbonyl (C=O) groups excluding carboxylic acids is 1. The van der Waals surface area contributed by atoms with E-state index in [2.05, 4.69) is 4.98 Å². The van der Waals surface area contributed by atoms with E-state index in [4.69, 9.17) is 5.73 Å².